The lowest BCUT2D eigenvalue weighted by Crippen LogP contribution is -2.48. The van der Waals surface area contributed by atoms with Gasteiger partial charge in [0, 0.05) is 41.0 Å². The van der Waals surface area contributed by atoms with Gasteiger partial charge >= 0.3 is 6.03 Å². The molecule has 1 saturated carbocycles. The van der Waals surface area contributed by atoms with E-state index in [-0.39, 0.29) is 48.6 Å². The fraction of sp³-hybridized carbons (Fsp3) is 0.556. The largest absolute Gasteiger partial charge is 0.382 e. The van der Waals surface area contributed by atoms with Gasteiger partial charge in [-0.25, -0.2) is 13.6 Å². The molecule has 1 atom stereocenters. The van der Waals surface area contributed by atoms with Crippen LogP contribution in [0.4, 0.5) is 13.6 Å². The number of aliphatic hydroxyl groups is 1. The van der Waals surface area contributed by atoms with Crippen molar-refractivity contribution in [3.05, 3.63) is 28.9 Å². The lowest BCUT2D eigenvalue weighted by atomic mass is 9.85. The van der Waals surface area contributed by atoms with Gasteiger partial charge in [0.1, 0.15) is 6.10 Å². The molecule has 2 aliphatic rings. The van der Waals surface area contributed by atoms with E-state index in [0.29, 0.717) is 10.9 Å². The molecule has 0 bridgehead atoms. The first-order valence-corrected chi connectivity index (χ1v) is 9.48. The SMILES string of the molecule is O=C(NC1CC1)N1CCC(C(F)(F)C(O)c2cc(Cl)cc3cn[nH]c23)CC1. The number of H-pyrrole nitrogens is 1. The highest BCUT2D eigenvalue weighted by atomic mass is 35.5. The molecule has 4 rings (SSSR count). The maximum absolute atomic E-state index is 15.1. The standard InChI is InChI=1S/C18H21ClF2N4O2/c19-12-7-10-9-22-24-15(10)14(8-12)16(26)18(20,21)11-3-5-25(6-4-11)17(27)23-13-1-2-13/h7-9,11,13,16,26H,1-6H2,(H,22,24)(H,23,27). The molecule has 2 heterocycles. The highest BCUT2D eigenvalue weighted by Gasteiger charge is 2.49. The zero-order chi connectivity index (χ0) is 19.2. The number of carbonyl (C=O) groups is 1. The number of aromatic amines is 1. The lowest BCUT2D eigenvalue weighted by Gasteiger charge is -2.37. The first-order chi connectivity index (χ1) is 12.9. The van der Waals surface area contributed by atoms with Crippen molar-refractivity contribution in [1.29, 1.82) is 0 Å². The molecule has 1 unspecified atom stereocenters. The number of nitrogens with zero attached hydrogens (tertiary/aromatic N) is 2. The quantitative estimate of drug-likeness (QED) is 0.737. The third-order valence-corrected chi connectivity index (χ3v) is 5.65. The average molecular weight is 399 g/mol. The van der Waals surface area contributed by atoms with Gasteiger partial charge in [0.05, 0.1) is 11.7 Å². The van der Waals surface area contributed by atoms with Crippen molar-refractivity contribution in [1.82, 2.24) is 20.4 Å². The molecule has 1 aromatic heterocycles. The number of fused-ring (bicyclic) bond motifs is 1. The second-order valence-corrected chi connectivity index (χ2v) is 7.83. The number of aromatic nitrogens is 2. The molecular weight excluding hydrogens is 378 g/mol. The summed E-state index contributed by atoms with van der Waals surface area (Å²) in [6, 6.07) is 3.00. The third kappa shape index (κ3) is 3.60. The van der Waals surface area contributed by atoms with Crippen LogP contribution < -0.4 is 5.32 Å². The Bertz CT molecular complexity index is 847. The van der Waals surface area contributed by atoms with E-state index in [4.69, 9.17) is 11.6 Å². The zero-order valence-corrected chi connectivity index (χ0v) is 15.3. The van der Waals surface area contributed by atoms with Crippen LogP contribution >= 0.6 is 11.6 Å². The molecule has 146 valence electrons. The summed E-state index contributed by atoms with van der Waals surface area (Å²) in [5.74, 6) is -4.36. The second-order valence-electron chi connectivity index (χ2n) is 7.39. The van der Waals surface area contributed by atoms with Gasteiger partial charge in [-0.2, -0.15) is 5.10 Å². The molecule has 9 heteroatoms. The summed E-state index contributed by atoms with van der Waals surface area (Å²) in [6.07, 6.45) is 1.70. The Morgan fingerprint density at radius 1 is 1.33 bits per heavy atom. The predicted octanol–water partition coefficient (Wildman–Crippen LogP) is 3.47. The van der Waals surface area contributed by atoms with Gasteiger partial charge in [0.15, 0.2) is 0 Å². The van der Waals surface area contributed by atoms with Crippen LogP contribution in [0.15, 0.2) is 18.3 Å². The maximum atomic E-state index is 15.1. The number of aliphatic hydroxyl groups excluding tert-OH is 1. The van der Waals surface area contributed by atoms with Gasteiger partial charge in [0.2, 0.25) is 0 Å². The van der Waals surface area contributed by atoms with Crippen LogP contribution in [-0.2, 0) is 0 Å². The van der Waals surface area contributed by atoms with E-state index < -0.39 is 17.9 Å². The van der Waals surface area contributed by atoms with Crippen LogP contribution in [0.5, 0.6) is 0 Å². The number of hydrogen-bond donors (Lipinski definition) is 3. The minimum absolute atomic E-state index is 0.0360. The average Bonchev–Trinajstić information content (AvgIpc) is 3.34. The molecule has 2 amide bonds. The number of urea groups is 1. The molecule has 1 saturated heterocycles. The Morgan fingerprint density at radius 3 is 2.70 bits per heavy atom. The molecule has 6 nitrogen and oxygen atoms in total. The maximum Gasteiger partial charge on any atom is 0.317 e. The number of carbonyl (C=O) groups excluding carboxylic acids is 1. The van der Waals surface area contributed by atoms with Crippen LogP contribution in [0.25, 0.3) is 10.9 Å². The first-order valence-electron chi connectivity index (χ1n) is 9.10. The molecular formula is C18H21ClF2N4O2. The van der Waals surface area contributed by atoms with Crippen molar-refractivity contribution in [3.8, 4) is 0 Å². The van der Waals surface area contributed by atoms with Crippen molar-refractivity contribution < 1.29 is 18.7 Å². The highest BCUT2D eigenvalue weighted by molar-refractivity contribution is 6.31. The number of hydrogen-bond acceptors (Lipinski definition) is 3. The third-order valence-electron chi connectivity index (χ3n) is 5.43. The Kier molecular flexibility index (Phi) is 4.71. The number of nitrogens with one attached hydrogen (secondary N) is 2. The van der Waals surface area contributed by atoms with Gasteiger partial charge in [-0.3, -0.25) is 5.10 Å². The summed E-state index contributed by atoms with van der Waals surface area (Å²) in [4.78, 5) is 13.6. The summed E-state index contributed by atoms with van der Waals surface area (Å²) < 4.78 is 30.1. The van der Waals surface area contributed by atoms with Crippen LogP contribution in [-0.4, -0.2) is 51.3 Å². The second kappa shape index (κ2) is 6.91. The van der Waals surface area contributed by atoms with Gasteiger partial charge < -0.3 is 15.3 Å². The molecule has 0 radical (unpaired) electrons. The fourth-order valence-corrected chi connectivity index (χ4v) is 3.89. The topological polar surface area (TPSA) is 81.2 Å². The predicted molar refractivity (Wildman–Crippen MR) is 96.9 cm³/mol. The molecule has 0 spiro atoms. The summed E-state index contributed by atoms with van der Waals surface area (Å²) in [6.45, 7) is 0.501. The Hall–Kier alpha value is -1.93. The van der Waals surface area contributed by atoms with Crippen LogP contribution in [0.3, 0.4) is 0 Å². The highest BCUT2D eigenvalue weighted by Crippen LogP contribution is 2.44. The van der Waals surface area contributed by atoms with Gasteiger partial charge in [-0.05, 0) is 37.8 Å². The number of alkyl halides is 2. The van der Waals surface area contributed by atoms with E-state index >= 15 is 8.78 Å². The number of benzene rings is 1. The Labute approximate surface area is 159 Å². The monoisotopic (exact) mass is 398 g/mol. The zero-order valence-electron chi connectivity index (χ0n) is 14.6. The van der Waals surface area contributed by atoms with E-state index in [1.54, 1.807) is 11.0 Å². The van der Waals surface area contributed by atoms with Crippen LogP contribution in [0, 0.1) is 5.92 Å². The van der Waals surface area contributed by atoms with E-state index in [1.807, 2.05) is 0 Å². The summed E-state index contributed by atoms with van der Waals surface area (Å²) in [5.41, 5.74) is 0.390. The minimum atomic E-state index is -3.35. The molecule has 2 aromatic rings. The summed E-state index contributed by atoms with van der Waals surface area (Å²) in [5, 5.41) is 20.7. The molecule has 1 aromatic carbocycles. The van der Waals surface area contributed by atoms with Crippen molar-refractivity contribution in [2.24, 2.45) is 5.92 Å². The van der Waals surface area contributed by atoms with Gasteiger partial charge in [-0.15, -0.1) is 0 Å². The van der Waals surface area contributed by atoms with Crippen molar-refractivity contribution in [2.75, 3.05) is 13.1 Å². The van der Waals surface area contributed by atoms with Crippen molar-refractivity contribution in [2.45, 2.75) is 43.8 Å². The number of halogens is 3. The van der Waals surface area contributed by atoms with Gasteiger partial charge in [-0.1, -0.05) is 11.6 Å². The molecule has 2 fully saturated rings. The molecule has 1 aliphatic heterocycles. The van der Waals surface area contributed by atoms with Crippen LogP contribution in [0.2, 0.25) is 5.02 Å². The summed E-state index contributed by atoms with van der Waals surface area (Å²) in [7, 11) is 0. The van der Waals surface area contributed by atoms with E-state index in [1.165, 1.54) is 12.3 Å². The van der Waals surface area contributed by atoms with Crippen LogP contribution in [0.1, 0.15) is 37.4 Å². The van der Waals surface area contributed by atoms with Gasteiger partial charge in [0.25, 0.3) is 5.92 Å². The van der Waals surface area contributed by atoms with E-state index in [9.17, 15) is 9.90 Å². The first kappa shape index (κ1) is 18.4. The number of likely N-dealkylation sites (tertiary alicyclic amines) is 1. The lowest BCUT2D eigenvalue weighted by molar-refractivity contribution is -0.159. The number of amides is 2. The van der Waals surface area contributed by atoms with E-state index in [0.717, 1.165) is 12.8 Å². The Balaban J connectivity index is 1.47. The minimum Gasteiger partial charge on any atom is -0.382 e. The summed E-state index contributed by atoms with van der Waals surface area (Å²) >= 11 is 6.01. The smallest absolute Gasteiger partial charge is 0.317 e. The van der Waals surface area contributed by atoms with E-state index in [2.05, 4.69) is 15.5 Å². The molecule has 1 aliphatic carbocycles. The van der Waals surface area contributed by atoms with Crippen molar-refractivity contribution in [3.63, 3.8) is 0 Å². The van der Waals surface area contributed by atoms with Crippen molar-refractivity contribution >= 4 is 28.5 Å². The normalized spacial score (nSPS) is 20.1. The number of piperidine rings is 1. The Morgan fingerprint density at radius 2 is 2.04 bits per heavy atom. The number of rotatable bonds is 4. The molecule has 27 heavy (non-hydrogen) atoms. The molecule has 3 N–H and O–H groups in total. The fourth-order valence-electron chi connectivity index (χ4n) is 3.65.